The quantitative estimate of drug-likeness (QED) is 0.685. The topological polar surface area (TPSA) is 41.5 Å². The second kappa shape index (κ2) is 7.37. The average Bonchev–Trinajstić information content (AvgIpc) is 2.62. The molecule has 2 N–H and O–H groups in total. The molecule has 0 bridgehead atoms. The molecule has 0 aliphatic rings. The molecule has 0 aliphatic carbocycles. The summed E-state index contributed by atoms with van der Waals surface area (Å²) < 4.78 is 5.45. The minimum Gasteiger partial charge on any atom is -0.504 e. The van der Waals surface area contributed by atoms with Crippen LogP contribution in [0.1, 0.15) is 31.0 Å². The Hall–Kier alpha value is -2.52. The minimum absolute atomic E-state index is 0.172. The molecule has 0 spiro atoms. The van der Waals surface area contributed by atoms with Crippen LogP contribution < -0.4 is 10.1 Å². The number of phenols is 1. The van der Waals surface area contributed by atoms with Crippen molar-refractivity contribution >= 4 is 10.8 Å². The van der Waals surface area contributed by atoms with Crippen molar-refractivity contribution in [3.63, 3.8) is 0 Å². The lowest BCUT2D eigenvalue weighted by Crippen LogP contribution is -2.18. The summed E-state index contributed by atoms with van der Waals surface area (Å²) in [6, 6.07) is 20.5. The molecular weight excluding hydrogens is 298 g/mol. The van der Waals surface area contributed by atoms with Crippen molar-refractivity contribution in [3.8, 4) is 11.5 Å². The van der Waals surface area contributed by atoms with E-state index in [1.165, 1.54) is 16.3 Å². The molecule has 1 atom stereocenters. The van der Waals surface area contributed by atoms with Crippen LogP contribution in [0.3, 0.4) is 0 Å². The summed E-state index contributed by atoms with van der Waals surface area (Å²) in [7, 11) is 0. The maximum absolute atomic E-state index is 10.3. The summed E-state index contributed by atoms with van der Waals surface area (Å²) >= 11 is 0. The number of nitrogens with one attached hydrogen (secondary N) is 1. The van der Waals surface area contributed by atoms with E-state index in [4.69, 9.17) is 4.74 Å². The molecule has 24 heavy (non-hydrogen) atoms. The van der Waals surface area contributed by atoms with Gasteiger partial charge >= 0.3 is 0 Å². The Morgan fingerprint density at radius 2 is 1.75 bits per heavy atom. The maximum Gasteiger partial charge on any atom is 0.162 e. The predicted octanol–water partition coefficient (Wildman–Crippen LogP) is 4.79. The Kier molecular flexibility index (Phi) is 5.02. The Labute approximate surface area is 142 Å². The summed E-state index contributed by atoms with van der Waals surface area (Å²) in [5.41, 5.74) is 2.10. The predicted molar refractivity (Wildman–Crippen MR) is 98.5 cm³/mol. The van der Waals surface area contributed by atoms with Gasteiger partial charge in [-0.1, -0.05) is 54.6 Å². The number of benzene rings is 3. The van der Waals surface area contributed by atoms with Gasteiger partial charge in [-0.15, -0.1) is 0 Å². The zero-order valence-corrected chi connectivity index (χ0v) is 14.1. The fourth-order valence-corrected chi connectivity index (χ4v) is 2.98. The number of para-hydroxylation sites is 1. The lowest BCUT2D eigenvalue weighted by Gasteiger charge is -2.18. The van der Waals surface area contributed by atoms with Gasteiger partial charge in [0.2, 0.25) is 0 Å². The lowest BCUT2D eigenvalue weighted by molar-refractivity contribution is 0.316. The van der Waals surface area contributed by atoms with E-state index in [0.717, 1.165) is 5.56 Å². The lowest BCUT2D eigenvalue weighted by atomic mass is 9.99. The molecule has 3 aromatic rings. The van der Waals surface area contributed by atoms with Gasteiger partial charge in [-0.2, -0.15) is 0 Å². The minimum atomic E-state index is 0.172. The van der Waals surface area contributed by atoms with Crippen LogP contribution in [0.25, 0.3) is 10.8 Å². The van der Waals surface area contributed by atoms with Gasteiger partial charge < -0.3 is 15.2 Å². The van der Waals surface area contributed by atoms with Crippen LogP contribution in [0, 0.1) is 0 Å². The van der Waals surface area contributed by atoms with E-state index in [0.29, 0.717) is 18.9 Å². The molecule has 3 aromatic carbocycles. The fraction of sp³-hybridized carbons (Fsp3) is 0.238. The third-order valence-corrected chi connectivity index (χ3v) is 4.27. The van der Waals surface area contributed by atoms with Gasteiger partial charge in [0.05, 0.1) is 6.61 Å². The van der Waals surface area contributed by atoms with Crippen molar-refractivity contribution in [3.05, 3.63) is 71.8 Å². The molecule has 0 unspecified atom stereocenters. The number of hydrogen-bond donors (Lipinski definition) is 2. The number of aromatic hydroxyl groups is 1. The molecule has 3 nitrogen and oxygen atoms in total. The highest BCUT2D eigenvalue weighted by atomic mass is 16.5. The van der Waals surface area contributed by atoms with E-state index < -0.39 is 0 Å². The molecule has 0 aromatic heterocycles. The smallest absolute Gasteiger partial charge is 0.162 e. The molecule has 0 fully saturated rings. The van der Waals surface area contributed by atoms with Crippen LogP contribution in [0.2, 0.25) is 0 Å². The highest BCUT2D eigenvalue weighted by Gasteiger charge is 2.12. The van der Waals surface area contributed by atoms with E-state index in [2.05, 4.69) is 54.7 Å². The molecule has 124 valence electrons. The fourth-order valence-electron chi connectivity index (χ4n) is 2.98. The number of hydrogen-bond acceptors (Lipinski definition) is 3. The van der Waals surface area contributed by atoms with Crippen LogP contribution in [-0.2, 0) is 6.54 Å². The third-order valence-electron chi connectivity index (χ3n) is 4.27. The number of fused-ring (bicyclic) bond motifs is 1. The third kappa shape index (κ3) is 3.36. The van der Waals surface area contributed by atoms with Gasteiger partial charge in [0.25, 0.3) is 0 Å². The van der Waals surface area contributed by atoms with Gasteiger partial charge in [-0.3, -0.25) is 0 Å². The summed E-state index contributed by atoms with van der Waals surface area (Å²) in [5.74, 6) is 0.756. The Bertz CT molecular complexity index is 824. The van der Waals surface area contributed by atoms with Gasteiger partial charge in [0.1, 0.15) is 0 Å². The summed E-state index contributed by atoms with van der Waals surface area (Å²) in [6.07, 6.45) is 0. The molecule has 0 amide bonds. The standard InChI is InChI=1S/C21H23NO2/c1-3-24-20-13-7-10-17(21(20)23)14-22-15(2)18-12-6-9-16-8-4-5-11-19(16)18/h4-13,15,22-23H,3,14H2,1-2H3/t15-/m1/s1. The van der Waals surface area contributed by atoms with Gasteiger partial charge in [0, 0.05) is 18.2 Å². The second-order valence-corrected chi connectivity index (χ2v) is 5.87. The summed E-state index contributed by atoms with van der Waals surface area (Å²) in [4.78, 5) is 0. The first kappa shape index (κ1) is 16.3. The van der Waals surface area contributed by atoms with Crippen LogP contribution in [0.15, 0.2) is 60.7 Å². The van der Waals surface area contributed by atoms with Crippen molar-refractivity contribution in [1.29, 1.82) is 0 Å². The van der Waals surface area contributed by atoms with Crippen molar-refractivity contribution < 1.29 is 9.84 Å². The van der Waals surface area contributed by atoms with E-state index >= 15 is 0 Å². The monoisotopic (exact) mass is 321 g/mol. The van der Waals surface area contributed by atoms with Crippen molar-refractivity contribution in [1.82, 2.24) is 5.32 Å². The molecule has 0 heterocycles. The summed E-state index contributed by atoms with van der Waals surface area (Å²) in [6.45, 7) is 5.17. The second-order valence-electron chi connectivity index (χ2n) is 5.87. The first-order chi connectivity index (χ1) is 11.7. The SMILES string of the molecule is CCOc1cccc(CN[C@H](C)c2cccc3ccccc23)c1O. The van der Waals surface area contributed by atoms with Crippen LogP contribution >= 0.6 is 0 Å². The van der Waals surface area contributed by atoms with Crippen LogP contribution in [-0.4, -0.2) is 11.7 Å². The first-order valence-corrected chi connectivity index (χ1v) is 8.35. The number of rotatable bonds is 6. The zero-order valence-electron chi connectivity index (χ0n) is 14.1. The van der Waals surface area contributed by atoms with Gasteiger partial charge in [-0.05, 0) is 36.2 Å². The Morgan fingerprint density at radius 3 is 2.58 bits per heavy atom. The average molecular weight is 321 g/mol. The zero-order chi connectivity index (χ0) is 16.9. The Morgan fingerprint density at radius 1 is 1.00 bits per heavy atom. The van der Waals surface area contributed by atoms with Gasteiger partial charge in [0.15, 0.2) is 11.5 Å². The Balaban J connectivity index is 1.78. The summed E-state index contributed by atoms with van der Waals surface area (Å²) in [5, 5.41) is 16.3. The largest absolute Gasteiger partial charge is 0.504 e. The molecule has 3 heteroatoms. The number of ether oxygens (including phenoxy) is 1. The number of phenolic OH excluding ortho intramolecular Hbond substituents is 1. The van der Waals surface area contributed by atoms with Crippen LogP contribution in [0.4, 0.5) is 0 Å². The molecule has 0 radical (unpaired) electrons. The molecular formula is C21H23NO2. The van der Waals surface area contributed by atoms with E-state index in [-0.39, 0.29) is 11.8 Å². The molecule has 0 saturated carbocycles. The van der Waals surface area contributed by atoms with Gasteiger partial charge in [-0.25, -0.2) is 0 Å². The van der Waals surface area contributed by atoms with Crippen molar-refractivity contribution in [2.75, 3.05) is 6.61 Å². The van der Waals surface area contributed by atoms with E-state index in [9.17, 15) is 5.11 Å². The molecule has 3 rings (SSSR count). The van der Waals surface area contributed by atoms with Crippen molar-refractivity contribution in [2.24, 2.45) is 0 Å². The van der Waals surface area contributed by atoms with E-state index in [1.807, 2.05) is 19.1 Å². The molecule has 0 aliphatic heterocycles. The van der Waals surface area contributed by atoms with Crippen molar-refractivity contribution in [2.45, 2.75) is 26.4 Å². The van der Waals surface area contributed by atoms with Crippen LogP contribution in [0.5, 0.6) is 11.5 Å². The first-order valence-electron chi connectivity index (χ1n) is 8.35. The van der Waals surface area contributed by atoms with E-state index in [1.54, 1.807) is 6.07 Å². The molecule has 0 saturated heterocycles. The highest BCUT2D eigenvalue weighted by molar-refractivity contribution is 5.86. The highest BCUT2D eigenvalue weighted by Crippen LogP contribution is 2.30. The maximum atomic E-state index is 10.3. The normalized spacial score (nSPS) is 12.2.